The second kappa shape index (κ2) is 6.72. The first-order valence-electron chi connectivity index (χ1n) is 8.85. The van der Waals surface area contributed by atoms with Crippen LogP contribution in [-0.4, -0.2) is 20.4 Å². The number of benzene rings is 2. The van der Waals surface area contributed by atoms with Gasteiger partial charge in [0.25, 0.3) is 5.56 Å². The largest absolute Gasteiger partial charge is 0.349 e. The SMILES string of the molecule is Cc1ccc2[nH]c3c(=O)n(CC(=O)N[C@H](C)c4ccccc4)cnc3c2c1. The van der Waals surface area contributed by atoms with Crippen LogP contribution in [0.3, 0.4) is 0 Å². The lowest BCUT2D eigenvalue weighted by Crippen LogP contribution is -2.34. The Bertz CT molecular complexity index is 1190. The molecule has 0 unspecified atom stereocenters. The van der Waals surface area contributed by atoms with Crippen molar-refractivity contribution in [3.8, 4) is 0 Å². The number of hydrogen-bond donors (Lipinski definition) is 2. The summed E-state index contributed by atoms with van der Waals surface area (Å²) >= 11 is 0. The number of aryl methyl sites for hydroxylation is 1. The lowest BCUT2D eigenvalue weighted by molar-refractivity contribution is -0.122. The number of hydrogen-bond acceptors (Lipinski definition) is 3. The van der Waals surface area contributed by atoms with Crippen LogP contribution in [0.4, 0.5) is 0 Å². The van der Waals surface area contributed by atoms with Crippen molar-refractivity contribution < 1.29 is 4.79 Å². The van der Waals surface area contributed by atoms with Crippen LogP contribution in [0.15, 0.2) is 59.7 Å². The van der Waals surface area contributed by atoms with Crippen molar-refractivity contribution in [2.75, 3.05) is 0 Å². The Balaban J connectivity index is 1.60. The predicted octanol–water partition coefficient (Wildman–Crippen LogP) is 3.06. The summed E-state index contributed by atoms with van der Waals surface area (Å²) in [6.45, 7) is 3.84. The number of rotatable bonds is 4. The van der Waals surface area contributed by atoms with Crippen molar-refractivity contribution in [1.29, 1.82) is 0 Å². The van der Waals surface area contributed by atoms with E-state index >= 15 is 0 Å². The number of amides is 1. The minimum absolute atomic E-state index is 0.0761. The number of aromatic amines is 1. The van der Waals surface area contributed by atoms with Crippen LogP contribution in [0.25, 0.3) is 21.9 Å². The molecule has 2 heterocycles. The van der Waals surface area contributed by atoms with Gasteiger partial charge in [-0.2, -0.15) is 0 Å². The van der Waals surface area contributed by atoms with Gasteiger partial charge < -0.3 is 10.3 Å². The van der Waals surface area contributed by atoms with Crippen LogP contribution in [0.1, 0.15) is 24.1 Å². The standard InChI is InChI=1S/C21H20N4O2/c1-13-8-9-17-16(10-13)19-20(24-17)21(27)25(12-22-19)11-18(26)23-14(2)15-6-4-3-5-7-15/h3-10,12,14,24H,11H2,1-2H3,(H,23,26)/t14-/m1/s1. The molecule has 27 heavy (non-hydrogen) atoms. The van der Waals surface area contributed by atoms with Gasteiger partial charge in [0.2, 0.25) is 5.91 Å². The maximum atomic E-state index is 12.8. The van der Waals surface area contributed by atoms with E-state index in [-0.39, 0.29) is 24.1 Å². The average Bonchev–Trinajstić information content (AvgIpc) is 3.03. The molecule has 2 aromatic heterocycles. The monoisotopic (exact) mass is 360 g/mol. The summed E-state index contributed by atoms with van der Waals surface area (Å²) in [5.41, 5.74) is 3.77. The first-order valence-corrected chi connectivity index (χ1v) is 8.85. The van der Waals surface area contributed by atoms with Gasteiger partial charge in [0.1, 0.15) is 17.6 Å². The second-order valence-electron chi connectivity index (χ2n) is 6.78. The lowest BCUT2D eigenvalue weighted by Gasteiger charge is -2.14. The van der Waals surface area contributed by atoms with E-state index < -0.39 is 0 Å². The topological polar surface area (TPSA) is 79.8 Å². The summed E-state index contributed by atoms with van der Waals surface area (Å²) in [6.07, 6.45) is 1.44. The van der Waals surface area contributed by atoms with Gasteiger partial charge in [-0.05, 0) is 31.5 Å². The fraction of sp³-hybridized carbons (Fsp3) is 0.190. The number of nitrogens with zero attached hydrogens (tertiary/aromatic N) is 2. The first kappa shape index (κ1) is 17.0. The van der Waals surface area contributed by atoms with Crippen molar-refractivity contribution in [3.63, 3.8) is 0 Å². The Labute approximate surface area is 155 Å². The molecule has 0 aliphatic rings. The molecular formula is C21H20N4O2. The Morgan fingerprint density at radius 2 is 2.00 bits per heavy atom. The van der Waals surface area contributed by atoms with Crippen LogP contribution in [-0.2, 0) is 11.3 Å². The Morgan fingerprint density at radius 1 is 1.22 bits per heavy atom. The number of carbonyl (C=O) groups is 1. The molecule has 0 spiro atoms. The molecule has 0 radical (unpaired) electrons. The summed E-state index contributed by atoms with van der Waals surface area (Å²) in [5, 5.41) is 3.83. The highest BCUT2D eigenvalue weighted by atomic mass is 16.2. The van der Waals surface area contributed by atoms with Gasteiger partial charge in [0.15, 0.2) is 0 Å². The van der Waals surface area contributed by atoms with E-state index in [1.807, 2.05) is 62.4 Å². The summed E-state index contributed by atoms with van der Waals surface area (Å²) in [5.74, 6) is -0.235. The van der Waals surface area contributed by atoms with Crippen LogP contribution >= 0.6 is 0 Å². The molecule has 0 fully saturated rings. The molecule has 1 atom stereocenters. The number of nitrogens with one attached hydrogen (secondary N) is 2. The molecule has 1 amide bonds. The molecule has 0 aliphatic carbocycles. The van der Waals surface area contributed by atoms with E-state index in [9.17, 15) is 9.59 Å². The van der Waals surface area contributed by atoms with E-state index in [1.165, 1.54) is 10.9 Å². The third-order valence-electron chi connectivity index (χ3n) is 4.72. The zero-order valence-electron chi connectivity index (χ0n) is 15.2. The van der Waals surface area contributed by atoms with Crippen molar-refractivity contribution in [3.05, 3.63) is 76.3 Å². The zero-order valence-corrected chi connectivity index (χ0v) is 15.2. The van der Waals surface area contributed by atoms with Gasteiger partial charge in [-0.1, -0.05) is 42.0 Å². The highest BCUT2D eigenvalue weighted by Gasteiger charge is 2.14. The third kappa shape index (κ3) is 3.21. The smallest absolute Gasteiger partial charge is 0.278 e. The Kier molecular flexibility index (Phi) is 4.24. The van der Waals surface area contributed by atoms with Gasteiger partial charge in [-0.25, -0.2) is 4.98 Å². The maximum Gasteiger partial charge on any atom is 0.278 e. The van der Waals surface area contributed by atoms with E-state index in [2.05, 4.69) is 15.3 Å². The van der Waals surface area contributed by atoms with Gasteiger partial charge in [0.05, 0.1) is 12.4 Å². The predicted molar refractivity (Wildman–Crippen MR) is 106 cm³/mol. The fourth-order valence-electron chi connectivity index (χ4n) is 3.28. The molecule has 0 saturated heterocycles. The molecule has 2 N–H and O–H groups in total. The number of carbonyl (C=O) groups excluding carboxylic acids is 1. The molecule has 0 bridgehead atoms. The quantitative estimate of drug-likeness (QED) is 0.587. The molecule has 4 rings (SSSR count). The van der Waals surface area contributed by atoms with Crippen LogP contribution < -0.4 is 10.9 Å². The van der Waals surface area contributed by atoms with Crippen molar-refractivity contribution in [2.45, 2.75) is 26.4 Å². The molecule has 6 nitrogen and oxygen atoms in total. The zero-order chi connectivity index (χ0) is 19.0. The van der Waals surface area contributed by atoms with E-state index in [4.69, 9.17) is 0 Å². The number of aromatic nitrogens is 3. The van der Waals surface area contributed by atoms with Crippen molar-refractivity contribution in [2.24, 2.45) is 0 Å². The Morgan fingerprint density at radius 3 is 2.78 bits per heavy atom. The molecule has 0 saturated carbocycles. The summed E-state index contributed by atoms with van der Waals surface area (Å²) in [4.78, 5) is 32.7. The van der Waals surface area contributed by atoms with E-state index in [0.717, 1.165) is 22.0 Å². The van der Waals surface area contributed by atoms with Crippen molar-refractivity contribution in [1.82, 2.24) is 19.9 Å². The second-order valence-corrected chi connectivity index (χ2v) is 6.78. The summed E-state index contributed by atoms with van der Waals surface area (Å²) in [7, 11) is 0. The molecule has 6 heteroatoms. The highest BCUT2D eigenvalue weighted by Crippen LogP contribution is 2.22. The van der Waals surface area contributed by atoms with Crippen LogP contribution in [0.2, 0.25) is 0 Å². The lowest BCUT2D eigenvalue weighted by atomic mass is 10.1. The van der Waals surface area contributed by atoms with Gasteiger partial charge in [-0.3, -0.25) is 14.2 Å². The molecule has 136 valence electrons. The number of H-pyrrole nitrogens is 1. The van der Waals surface area contributed by atoms with E-state index in [0.29, 0.717) is 11.0 Å². The normalized spacial score (nSPS) is 12.4. The number of fused-ring (bicyclic) bond motifs is 3. The third-order valence-corrected chi connectivity index (χ3v) is 4.72. The summed E-state index contributed by atoms with van der Waals surface area (Å²) in [6, 6.07) is 15.5. The van der Waals surface area contributed by atoms with E-state index in [1.54, 1.807) is 0 Å². The molecule has 4 aromatic rings. The highest BCUT2D eigenvalue weighted by molar-refractivity contribution is 6.04. The fourth-order valence-corrected chi connectivity index (χ4v) is 3.28. The minimum atomic E-state index is -0.253. The first-order chi connectivity index (χ1) is 13.0. The molecular weight excluding hydrogens is 340 g/mol. The summed E-state index contributed by atoms with van der Waals surface area (Å²) < 4.78 is 1.33. The van der Waals surface area contributed by atoms with Crippen LogP contribution in [0, 0.1) is 6.92 Å². The molecule has 2 aromatic carbocycles. The van der Waals surface area contributed by atoms with Crippen LogP contribution in [0.5, 0.6) is 0 Å². The van der Waals surface area contributed by atoms with Gasteiger partial charge >= 0.3 is 0 Å². The maximum absolute atomic E-state index is 12.8. The average molecular weight is 360 g/mol. The van der Waals surface area contributed by atoms with Crippen molar-refractivity contribution >= 4 is 27.8 Å². The van der Waals surface area contributed by atoms with Gasteiger partial charge in [0, 0.05) is 10.9 Å². The minimum Gasteiger partial charge on any atom is -0.349 e. The van der Waals surface area contributed by atoms with Gasteiger partial charge in [-0.15, -0.1) is 0 Å². The molecule has 0 aliphatic heterocycles. The Hall–Kier alpha value is -3.41.